The molecule has 5 nitrogen and oxygen atoms in total. The number of hydrogen-bond donors (Lipinski definition) is 1. The summed E-state index contributed by atoms with van der Waals surface area (Å²) in [7, 11) is 0. The second-order valence-electron chi connectivity index (χ2n) is 6.42. The quantitative estimate of drug-likeness (QED) is 0.524. The van der Waals surface area contributed by atoms with Crippen LogP contribution >= 0.6 is 11.3 Å². The third-order valence-corrected chi connectivity index (χ3v) is 5.27. The lowest BCUT2D eigenvalue weighted by Crippen LogP contribution is -2.11. The first-order valence-corrected chi connectivity index (χ1v) is 9.98. The van der Waals surface area contributed by atoms with Gasteiger partial charge >= 0.3 is 0 Å². The Morgan fingerprint density at radius 3 is 2.83 bits per heavy atom. The van der Waals surface area contributed by atoms with E-state index in [0.717, 1.165) is 10.6 Å². The van der Waals surface area contributed by atoms with Crippen LogP contribution in [0.1, 0.15) is 38.8 Å². The second-order valence-corrected chi connectivity index (χ2v) is 7.50. The predicted octanol–water partition coefficient (Wildman–Crippen LogP) is 5.12. The van der Waals surface area contributed by atoms with Crippen LogP contribution in [0.25, 0.3) is 0 Å². The summed E-state index contributed by atoms with van der Waals surface area (Å²) in [6.07, 6.45) is 1.65. The van der Waals surface area contributed by atoms with Crippen molar-refractivity contribution < 1.29 is 13.9 Å². The molecule has 148 valence electrons. The molecule has 0 unspecified atom stereocenters. The zero-order valence-corrected chi connectivity index (χ0v) is 16.8. The molecule has 0 radical (unpaired) electrons. The van der Waals surface area contributed by atoms with Gasteiger partial charge in [0.05, 0.1) is 23.4 Å². The van der Waals surface area contributed by atoms with E-state index >= 15 is 0 Å². The van der Waals surface area contributed by atoms with Gasteiger partial charge in [0.15, 0.2) is 0 Å². The van der Waals surface area contributed by atoms with Gasteiger partial charge in [-0.25, -0.2) is 9.37 Å². The largest absolute Gasteiger partial charge is 0.493 e. The van der Waals surface area contributed by atoms with Crippen LogP contribution in [0.3, 0.4) is 0 Å². The fourth-order valence-corrected chi connectivity index (χ4v) is 3.70. The van der Waals surface area contributed by atoms with Crippen LogP contribution < -0.4 is 10.1 Å². The lowest BCUT2D eigenvalue weighted by Gasteiger charge is -2.08. The Kier molecular flexibility index (Phi) is 6.93. The van der Waals surface area contributed by atoms with E-state index in [0.29, 0.717) is 47.9 Å². The summed E-state index contributed by atoms with van der Waals surface area (Å²) in [5.74, 6) is 0.131. The van der Waals surface area contributed by atoms with E-state index < -0.39 is 0 Å². The van der Waals surface area contributed by atoms with E-state index in [2.05, 4.69) is 16.4 Å². The fourth-order valence-electron chi connectivity index (χ4n) is 2.71. The van der Waals surface area contributed by atoms with Crippen LogP contribution in [0, 0.1) is 24.1 Å². The molecule has 0 aliphatic heterocycles. The minimum atomic E-state index is -0.277. The molecule has 1 amide bonds. The van der Waals surface area contributed by atoms with Crippen molar-refractivity contribution in [3.63, 3.8) is 0 Å². The molecule has 7 heteroatoms. The van der Waals surface area contributed by atoms with E-state index in [1.165, 1.54) is 23.5 Å². The molecule has 0 spiro atoms. The zero-order valence-electron chi connectivity index (χ0n) is 15.9. The number of nitriles is 1. The van der Waals surface area contributed by atoms with Gasteiger partial charge < -0.3 is 10.1 Å². The van der Waals surface area contributed by atoms with Gasteiger partial charge in [0.2, 0.25) is 0 Å². The number of aromatic nitrogens is 1. The Morgan fingerprint density at radius 2 is 2.07 bits per heavy atom. The first-order valence-electron chi connectivity index (χ1n) is 9.17. The molecule has 1 aromatic heterocycles. The topological polar surface area (TPSA) is 75.0 Å². The molecule has 0 aliphatic rings. The van der Waals surface area contributed by atoms with E-state index in [1.54, 1.807) is 43.3 Å². The Balaban J connectivity index is 1.64. The van der Waals surface area contributed by atoms with Crippen molar-refractivity contribution in [1.29, 1.82) is 5.26 Å². The Labute approximate surface area is 172 Å². The number of hydrogen-bond acceptors (Lipinski definition) is 5. The Morgan fingerprint density at radius 1 is 1.28 bits per heavy atom. The van der Waals surface area contributed by atoms with Gasteiger partial charge in [-0.2, -0.15) is 5.26 Å². The highest BCUT2D eigenvalue weighted by Gasteiger charge is 2.16. The first-order chi connectivity index (χ1) is 14.0. The molecule has 2 aromatic carbocycles. The maximum absolute atomic E-state index is 13.1. The summed E-state index contributed by atoms with van der Waals surface area (Å²) >= 11 is 1.33. The maximum atomic E-state index is 13.1. The summed E-state index contributed by atoms with van der Waals surface area (Å²) in [4.78, 5) is 17.7. The number of carbonyl (C=O) groups is 1. The molecule has 3 aromatic rings. The number of ether oxygens (including phenoxy) is 1. The number of nitrogens with one attached hydrogen (secondary N) is 1. The second kappa shape index (κ2) is 9.80. The lowest BCUT2D eigenvalue weighted by molar-refractivity contribution is 0.103. The number of amides is 1. The number of thiazole rings is 1. The van der Waals surface area contributed by atoms with Crippen LogP contribution in [0.15, 0.2) is 48.5 Å². The third-order valence-electron chi connectivity index (χ3n) is 4.11. The molecular formula is C22H20FN3O2S. The normalized spacial score (nSPS) is 10.4. The van der Waals surface area contributed by atoms with E-state index in [9.17, 15) is 9.18 Å². The van der Waals surface area contributed by atoms with Gasteiger partial charge in [0.1, 0.15) is 16.4 Å². The Hall–Kier alpha value is -3.24. The smallest absolute Gasteiger partial charge is 0.267 e. The summed E-state index contributed by atoms with van der Waals surface area (Å²) in [5.41, 5.74) is 2.22. The van der Waals surface area contributed by atoms with Gasteiger partial charge in [0.25, 0.3) is 5.91 Å². The van der Waals surface area contributed by atoms with Gasteiger partial charge in [-0.15, -0.1) is 11.3 Å². The molecule has 29 heavy (non-hydrogen) atoms. The maximum Gasteiger partial charge on any atom is 0.267 e. The highest BCUT2D eigenvalue weighted by Crippen LogP contribution is 2.24. The molecule has 1 N–H and O–H groups in total. The lowest BCUT2D eigenvalue weighted by atomic mass is 10.1. The van der Waals surface area contributed by atoms with E-state index in [4.69, 9.17) is 10.00 Å². The molecule has 0 aliphatic carbocycles. The van der Waals surface area contributed by atoms with Crippen LogP contribution in [0.5, 0.6) is 5.75 Å². The van der Waals surface area contributed by atoms with E-state index in [-0.39, 0.29) is 11.7 Å². The zero-order chi connectivity index (χ0) is 20.6. The standard InChI is InChI=1S/C22H20FN3O2S/c1-15-21(29-20(25-15)13-16-7-9-17(23)10-8-16)22(27)26-18-5-4-6-19(14-18)28-12-3-2-11-24/h4-10,14H,2-3,12-13H2,1H3,(H,26,27). The molecule has 0 fully saturated rings. The van der Waals surface area contributed by atoms with Crippen molar-refractivity contribution in [2.75, 3.05) is 11.9 Å². The van der Waals surface area contributed by atoms with Crippen molar-refractivity contribution in [3.05, 3.63) is 75.5 Å². The van der Waals surface area contributed by atoms with Crippen molar-refractivity contribution in [3.8, 4) is 11.8 Å². The molecule has 0 bridgehead atoms. The number of halogens is 1. The average Bonchev–Trinajstić information content (AvgIpc) is 3.07. The van der Waals surface area contributed by atoms with Crippen LogP contribution in [0.4, 0.5) is 10.1 Å². The fraction of sp³-hybridized carbons (Fsp3) is 0.227. The molecular weight excluding hydrogens is 389 g/mol. The van der Waals surface area contributed by atoms with Crippen molar-refractivity contribution in [2.45, 2.75) is 26.2 Å². The highest BCUT2D eigenvalue weighted by atomic mass is 32.1. The van der Waals surface area contributed by atoms with Gasteiger partial charge in [-0.3, -0.25) is 4.79 Å². The van der Waals surface area contributed by atoms with Crippen molar-refractivity contribution in [2.24, 2.45) is 0 Å². The molecule has 0 saturated heterocycles. The van der Waals surface area contributed by atoms with Gasteiger partial charge in [0, 0.05) is 24.6 Å². The number of rotatable bonds is 8. The van der Waals surface area contributed by atoms with Gasteiger partial charge in [-0.05, 0) is 43.2 Å². The third kappa shape index (κ3) is 5.87. The van der Waals surface area contributed by atoms with Crippen molar-refractivity contribution >= 4 is 22.9 Å². The Bertz CT molecular complexity index is 1030. The first kappa shape index (κ1) is 20.5. The number of aryl methyl sites for hydroxylation is 1. The monoisotopic (exact) mass is 409 g/mol. The molecule has 1 heterocycles. The highest BCUT2D eigenvalue weighted by molar-refractivity contribution is 7.14. The minimum absolute atomic E-state index is 0.230. The van der Waals surface area contributed by atoms with E-state index in [1.807, 2.05) is 0 Å². The molecule has 0 atom stereocenters. The number of benzene rings is 2. The summed E-state index contributed by atoms with van der Waals surface area (Å²) in [6.45, 7) is 2.25. The number of carbonyl (C=O) groups excluding carboxylic acids is 1. The minimum Gasteiger partial charge on any atom is -0.493 e. The SMILES string of the molecule is Cc1nc(Cc2ccc(F)cc2)sc1C(=O)Nc1cccc(OCCCC#N)c1. The number of unbranched alkanes of at least 4 members (excludes halogenated alkanes) is 1. The molecule has 3 rings (SSSR count). The summed E-state index contributed by atoms with van der Waals surface area (Å²) in [5, 5.41) is 12.2. The van der Waals surface area contributed by atoms with Crippen LogP contribution in [-0.4, -0.2) is 17.5 Å². The average molecular weight is 409 g/mol. The number of anilines is 1. The van der Waals surface area contributed by atoms with Crippen molar-refractivity contribution in [1.82, 2.24) is 4.98 Å². The van der Waals surface area contributed by atoms with Crippen LogP contribution in [-0.2, 0) is 6.42 Å². The predicted molar refractivity (Wildman–Crippen MR) is 111 cm³/mol. The summed E-state index contributed by atoms with van der Waals surface area (Å²) in [6, 6.07) is 15.5. The summed E-state index contributed by atoms with van der Waals surface area (Å²) < 4.78 is 18.7. The molecule has 0 saturated carbocycles. The number of nitrogens with zero attached hydrogens (tertiary/aromatic N) is 2. The van der Waals surface area contributed by atoms with Gasteiger partial charge in [-0.1, -0.05) is 18.2 Å². The van der Waals surface area contributed by atoms with Crippen LogP contribution in [0.2, 0.25) is 0 Å².